The largest absolute Gasteiger partial charge is 0.339 e. The molecule has 1 amide bonds. The first kappa shape index (κ1) is 16.3. The third kappa shape index (κ3) is 3.45. The average Bonchev–Trinajstić information content (AvgIpc) is 3.33. The molecule has 1 aliphatic rings. The summed E-state index contributed by atoms with van der Waals surface area (Å²) in [4.78, 5) is 20.1. The molecular formula is C18H16ClN3O2S. The Kier molecular flexibility index (Phi) is 4.55. The third-order valence-electron chi connectivity index (χ3n) is 4.33. The number of nitrogens with zero attached hydrogens (tertiary/aromatic N) is 3. The van der Waals surface area contributed by atoms with Gasteiger partial charge in [-0.3, -0.25) is 4.79 Å². The first-order valence-electron chi connectivity index (χ1n) is 8.13. The van der Waals surface area contributed by atoms with E-state index in [1.54, 1.807) is 35.6 Å². The molecule has 1 unspecified atom stereocenters. The van der Waals surface area contributed by atoms with Crippen LogP contribution < -0.4 is 0 Å². The highest BCUT2D eigenvalue weighted by Gasteiger charge is 2.29. The number of aromatic nitrogens is 2. The number of benzene rings is 1. The van der Waals surface area contributed by atoms with Gasteiger partial charge in [-0.15, -0.1) is 11.3 Å². The molecule has 1 aliphatic heterocycles. The zero-order valence-corrected chi connectivity index (χ0v) is 15.0. The van der Waals surface area contributed by atoms with Gasteiger partial charge >= 0.3 is 0 Å². The fraction of sp³-hybridized carbons (Fsp3) is 0.278. The number of rotatable bonds is 3. The smallest absolute Gasteiger partial charge is 0.253 e. The van der Waals surface area contributed by atoms with Crippen molar-refractivity contribution >= 4 is 28.8 Å². The lowest BCUT2D eigenvalue weighted by Crippen LogP contribution is -2.39. The Morgan fingerprint density at radius 3 is 2.88 bits per heavy atom. The van der Waals surface area contributed by atoms with Gasteiger partial charge < -0.3 is 9.42 Å². The lowest BCUT2D eigenvalue weighted by atomic mass is 9.97. The zero-order valence-electron chi connectivity index (χ0n) is 13.4. The Balaban J connectivity index is 1.49. The molecular weight excluding hydrogens is 358 g/mol. The van der Waals surface area contributed by atoms with E-state index in [9.17, 15) is 4.79 Å². The van der Waals surface area contributed by atoms with Crippen LogP contribution in [0.15, 0.2) is 46.3 Å². The Bertz CT molecular complexity index is 861. The van der Waals surface area contributed by atoms with Crippen molar-refractivity contribution < 1.29 is 9.32 Å². The fourth-order valence-electron chi connectivity index (χ4n) is 3.05. The lowest BCUT2D eigenvalue weighted by Gasteiger charge is -2.31. The SMILES string of the molecule is O=C(c1ccc(Cl)cc1)N1CCCC(c2nc(-c3cccs3)no2)C1. The van der Waals surface area contributed by atoms with E-state index in [1.807, 2.05) is 22.4 Å². The van der Waals surface area contributed by atoms with E-state index in [0.717, 1.165) is 24.3 Å². The molecule has 0 N–H and O–H groups in total. The van der Waals surface area contributed by atoms with Crippen molar-refractivity contribution in [2.24, 2.45) is 0 Å². The summed E-state index contributed by atoms with van der Waals surface area (Å²) in [6.45, 7) is 1.33. The predicted molar refractivity (Wildman–Crippen MR) is 96.9 cm³/mol. The second kappa shape index (κ2) is 6.98. The van der Waals surface area contributed by atoms with Crippen molar-refractivity contribution in [1.82, 2.24) is 15.0 Å². The molecule has 5 nitrogen and oxygen atoms in total. The quantitative estimate of drug-likeness (QED) is 0.679. The van der Waals surface area contributed by atoms with E-state index in [4.69, 9.17) is 16.1 Å². The summed E-state index contributed by atoms with van der Waals surface area (Å²) >= 11 is 7.48. The maximum atomic E-state index is 12.7. The van der Waals surface area contributed by atoms with Gasteiger partial charge in [0.05, 0.1) is 10.8 Å². The van der Waals surface area contributed by atoms with E-state index in [2.05, 4.69) is 10.1 Å². The molecule has 4 rings (SSSR count). The van der Waals surface area contributed by atoms with Crippen LogP contribution in [0.5, 0.6) is 0 Å². The van der Waals surface area contributed by atoms with E-state index in [1.165, 1.54) is 0 Å². The number of carbonyl (C=O) groups is 1. The third-order valence-corrected chi connectivity index (χ3v) is 5.45. The van der Waals surface area contributed by atoms with Gasteiger partial charge in [-0.1, -0.05) is 22.8 Å². The molecule has 2 aromatic heterocycles. The molecule has 1 aromatic carbocycles. The maximum absolute atomic E-state index is 12.7. The molecule has 3 heterocycles. The lowest BCUT2D eigenvalue weighted by molar-refractivity contribution is 0.0695. The van der Waals surface area contributed by atoms with Gasteiger partial charge in [0.25, 0.3) is 5.91 Å². The standard InChI is InChI=1S/C18H16ClN3O2S/c19-14-7-5-12(6-8-14)18(23)22-9-1-3-13(11-22)17-20-16(21-24-17)15-4-2-10-25-15/h2,4-8,10,13H,1,3,9,11H2. The number of halogens is 1. The Morgan fingerprint density at radius 1 is 1.28 bits per heavy atom. The van der Waals surface area contributed by atoms with E-state index in [-0.39, 0.29) is 11.8 Å². The molecule has 3 aromatic rings. The van der Waals surface area contributed by atoms with Crippen molar-refractivity contribution in [3.8, 4) is 10.7 Å². The monoisotopic (exact) mass is 373 g/mol. The molecule has 0 bridgehead atoms. The van der Waals surface area contributed by atoms with Crippen LogP contribution in [0.25, 0.3) is 10.7 Å². The molecule has 0 aliphatic carbocycles. The second-order valence-corrected chi connectivity index (χ2v) is 7.41. The average molecular weight is 374 g/mol. The van der Waals surface area contributed by atoms with Gasteiger partial charge in [0.15, 0.2) is 0 Å². The summed E-state index contributed by atoms with van der Waals surface area (Å²) in [5.41, 5.74) is 0.648. The molecule has 1 fully saturated rings. The maximum Gasteiger partial charge on any atom is 0.253 e. The molecule has 7 heteroatoms. The van der Waals surface area contributed by atoms with Gasteiger partial charge in [0.2, 0.25) is 11.7 Å². The summed E-state index contributed by atoms with van der Waals surface area (Å²) in [6, 6.07) is 10.9. The molecule has 1 saturated heterocycles. The van der Waals surface area contributed by atoms with Crippen LogP contribution in [0.4, 0.5) is 0 Å². The highest BCUT2D eigenvalue weighted by Crippen LogP contribution is 2.29. The fourth-order valence-corrected chi connectivity index (χ4v) is 3.82. The number of amides is 1. The summed E-state index contributed by atoms with van der Waals surface area (Å²) in [6.07, 6.45) is 1.86. The zero-order chi connectivity index (χ0) is 17.2. The van der Waals surface area contributed by atoms with Crippen molar-refractivity contribution in [3.05, 3.63) is 58.3 Å². The van der Waals surface area contributed by atoms with Gasteiger partial charge in [-0.25, -0.2) is 0 Å². The molecule has 0 radical (unpaired) electrons. The summed E-state index contributed by atoms with van der Waals surface area (Å²) in [5.74, 6) is 1.31. The highest BCUT2D eigenvalue weighted by molar-refractivity contribution is 7.13. The van der Waals surface area contributed by atoms with Crippen molar-refractivity contribution in [2.45, 2.75) is 18.8 Å². The minimum atomic E-state index is 0.0133. The highest BCUT2D eigenvalue weighted by atomic mass is 35.5. The van der Waals surface area contributed by atoms with Crippen LogP contribution in [-0.2, 0) is 0 Å². The molecule has 0 saturated carbocycles. The summed E-state index contributed by atoms with van der Waals surface area (Å²) in [7, 11) is 0. The van der Waals surface area contributed by atoms with Crippen LogP contribution in [0, 0.1) is 0 Å². The first-order valence-corrected chi connectivity index (χ1v) is 9.39. The van der Waals surface area contributed by atoms with Crippen molar-refractivity contribution in [2.75, 3.05) is 13.1 Å². The van der Waals surface area contributed by atoms with E-state index >= 15 is 0 Å². The second-order valence-electron chi connectivity index (χ2n) is 6.03. The minimum absolute atomic E-state index is 0.0133. The van der Waals surface area contributed by atoms with Crippen LogP contribution in [-0.4, -0.2) is 34.0 Å². The topological polar surface area (TPSA) is 59.2 Å². The van der Waals surface area contributed by atoms with E-state index < -0.39 is 0 Å². The first-order chi connectivity index (χ1) is 12.2. The van der Waals surface area contributed by atoms with Crippen molar-refractivity contribution in [1.29, 1.82) is 0 Å². The van der Waals surface area contributed by atoms with Crippen LogP contribution in [0.1, 0.15) is 35.0 Å². The normalized spacial score (nSPS) is 17.6. The molecule has 25 heavy (non-hydrogen) atoms. The van der Waals surface area contributed by atoms with Gasteiger partial charge in [0.1, 0.15) is 0 Å². The Hall–Kier alpha value is -2.18. The Labute approximate surface area is 154 Å². The molecule has 128 valence electrons. The number of piperidine rings is 1. The van der Waals surface area contributed by atoms with E-state index in [0.29, 0.717) is 28.8 Å². The summed E-state index contributed by atoms with van der Waals surface area (Å²) in [5, 5.41) is 6.69. The van der Waals surface area contributed by atoms with Gasteiger partial charge in [0, 0.05) is 23.7 Å². The molecule has 1 atom stereocenters. The number of thiophene rings is 1. The number of likely N-dealkylation sites (tertiary alicyclic amines) is 1. The summed E-state index contributed by atoms with van der Waals surface area (Å²) < 4.78 is 5.47. The van der Waals surface area contributed by atoms with Gasteiger partial charge in [-0.05, 0) is 48.6 Å². The molecule has 0 spiro atoms. The number of carbonyl (C=O) groups excluding carboxylic acids is 1. The number of hydrogen-bond acceptors (Lipinski definition) is 5. The predicted octanol–water partition coefficient (Wildman–Crippen LogP) is 4.47. The number of hydrogen-bond donors (Lipinski definition) is 0. The van der Waals surface area contributed by atoms with Crippen LogP contribution >= 0.6 is 22.9 Å². The van der Waals surface area contributed by atoms with Crippen LogP contribution in [0.2, 0.25) is 5.02 Å². The van der Waals surface area contributed by atoms with Crippen molar-refractivity contribution in [3.63, 3.8) is 0 Å². The van der Waals surface area contributed by atoms with Crippen LogP contribution in [0.3, 0.4) is 0 Å². The van der Waals surface area contributed by atoms with Gasteiger partial charge in [-0.2, -0.15) is 4.98 Å². The Morgan fingerprint density at radius 2 is 2.12 bits per heavy atom. The minimum Gasteiger partial charge on any atom is -0.339 e.